The van der Waals surface area contributed by atoms with Crippen molar-refractivity contribution in [2.24, 2.45) is 0 Å². The van der Waals surface area contributed by atoms with Crippen LogP contribution in [0.2, 0.25) is 0 Å². The molecule has 0 aliphatic carbocycles. The van der Waals surface area contributed by atoms with E-state index in [9.17, 15) is 8.78 Å². The Morgan fingerprint density at radius 2 is 1.93 bits per heavy atom. The van der Waals surface area contributed by atoms with Crippen LogP contribution in [0.25, 0.3) is 0 Å². The van der Waals surface area contributed by atoms with E-state index in [1.165, 1.54) is 0 Å². The summed E-state index contributed by atoms with van der Waals surface area (Å²) in [7, 11) is 0. The molecule has 1 fully saturated rings. The van der Waals surface area contributed by atoms with E-state index in [-0.39, 0.29) is 6.42 Å². The van der Waals surface area contributed by atoms with Crippen molar-refractivity contribution in [1.82, 2.24) is 5.32 Å². The van der Waals surface area contributed by atoms with E-state index in [1.807, 2.05) is 0 Å². The van der Waals surface area contributed by atoms with E-state index in [2.05, 4.69) is 21.2 Å². The minimum absolute atomic E-state index is 0.0271. The Hall–Kier alpha value is -0.480. The summed E-state index contributed by atoms with van der Waals surface area (Å²) in [6, 6.07) is 6.23. The lowest BCUT2D eigenvalue weighted by molar-refractivity contribution is -0.0619. The Morgan fingerprint density at radius 3 is 2.53 bits per heavy atom. The zero-order valence-electron chi connectivity index (χ0n) is 8.14. The molecule has 0 aromatic heterocycles. The van der Waals surface area contributed by atoms with E-state index < -0.39 is 12.0 Å². The van der Waals surface area contributed by atoms with Crippen LogP contribution in [0.15, 0.2) is 28.7 Å². The van der Waals surface area contributed by atoms with Gasteiger partial charge in [-0.2, -0.15) is 0 Å². The minimum Gasteiger partial charge on any atom is -0.305 e. The Kier molecular flexibility index (Phi) is 3.07. The number of nitrogens with one attached hydrogen (secondary N) is 1. The topological polar surface area (TPSA) is 12.0 Å². The summed E-state index contributed by atoms with van der Waals surface area (Å²) >= 11 is 3.29. The van der Waals surface area contributed by atoms with Gasteiger partial charge in [0.25, 0.3) is 5.92 Å². The quantitative estimate of drug-likeness (QED) is 0.827. The number of hydrogen-bond acceptors (Lipinski definition) is 1. The van der Waals surface area contributed by atoms with E-state index >= 15 is 0 Å². The predicted octanol–water partition coefficient (Wildman–Crippen LogP) is 3.51. The second-order valence-corrected chi connectivity index (χ2v) is 4.72. The van der Waals surface area contributed by atoms with Gasteiger partial charge in [0, 0.05) is 10.9 Å². The van der Waals surface area contributed by atoms with Gasteiger partial charge in [0.15, 0.2) is 0 Å². The lowest BCUT2D eigenvalue weighted by atomic mass is 9.94. The molecule has 1 N–H and O–H groups in total. The summed E-state index contributed by atoms with van der Waals surface area (Å²) in [5.74, 6) is -2.63. The highest BCUT2D eigenvalue weighted by atomic mass is 79.9. The molecule has 1 nitrogen and oxygen atoms in total. The molecule has 4 heteroatoms. The summed E-state index contributed by atoms with van der Waals surface area (Å²) in [4.78, 5) is 0. The molecule has 1 unspecified atom stereocenters. The van der Waals surface area contributed by atoms with Crippen LogP contribution in [-0.2, 0) is 0 Å². The first-order valence-corrected chi connectivity index (χ1v) is 5.75. The SMILES string of the molecule is FC1(F)CCCNC1c1ccc(Br)cc1. The zero-order chi connectivity index (χ0) is 10.9. The van der Waals surface area contributed by atoms with Crippen LogP contribution in [0.4, 0.5) is 8.78 Å². The van der Waals surface area contributed by atoms with Gasteiger partial charge in [-0.15, -0.1) is 0 Å². The molecule has 0 radical (unpaired) electrons. The Bertz CT molecular complexity index is 337. The highest BCUT2D eigenvalue weighted by Gasteiger charge is 2.42. The first kappa shape index (κ1) is 11.0. The van der Waals surface area contributed by atoms with E-state index in [0.29, 0.717) is 18.5 Å². The minimum atomic E-state index is -2.63. The van der Waals surface area contributed by atoms with Crippen LogP contribution in [0.3, 0.4) is 0 Å². The monoisotopic (exact) mass is 275 g/mol. The van der Waals surface area contributed by atoms with Crippen molar-refractivity contribution in [3.05, 3.63) is 34.3 Å². The highest BCUT2D eigenvalue weighted by molar-refractivity contribution is 9.10. The maximum atomic E-state index is 13.6. The number of piperidine rings is 1. The molecule has 82 valence electrons. The molecule has 0 spiro atoms. The van der Waals surface area contributed by atoms with Crippen LogP contribution >= 0.6 is 15.9 Å². The third-order valence-corrected chi connectivity index (χ3v) is 3.19. The van der Waals surface area contributed by atoms with E-state index in [4.69, 9.17) is 0 Å². The van der Waals surface area contributed by atoms with Gasteiger partial charge in [0.2, 0.25) is 0 Å². The normalized spacial score (nSPS) is 25.1. The summed E-state index contributed by atoms with van der Waals surface area (Å²) in [5.41, 5.74) is 0.655. The zero-order valence-corrected chi connectivity index (χ0v) is 9.73. The summed E-state index contributed by atoms with van der Waals surface area (Å²) in [6.45, 7) is 0.663. The second-order valence-electron chi connectivity index (χ2n) is 3.80. The lowest BCUT2D eigenvalue weighted by Crippen LogP contribution is -2.42. The maximum absolute atomic E-state index is 13.6. The molecule has 1 aromatic carbocycles. The van der Waals surface area contributed by atoms with Crippen molar-refractivity contribution in [3.8, 4) is 0 Å². The Labute approximate surface area is 96.0 Å². The molecule has 0 amide bonds. The third kappa shape index (κ3) is 2.37. The van der Waals surface area contributed by atoms with Gasteiger partial charge in [-0.25, -0.2) is 8.78 Å². The van der Waals surface area contributed by atoms with Crippen LogP contribution in [-0.4, -0.2) is 12.5 Å². The average Bonchev–Trinajstić information content (AvgIpc) is 2.19. The predicted molar refractivity (Wildman–Crippen MR) is 59.1 cm³/mol. The van der Waals surface area contributed by atoms with Crippen molar-refractivity contribution < 1.29 is 8.78 Å². The van der Waals surface area contributed by atoms with Gasteiger partial charge in [-0.3, -0.25) is 0 Å². The van der Waals surface area contributed by atoms with Crippen LogP contribution in [0, 0.1) is 0 Å². The molecular weight excluding hydrogens is 264 g/mol. The third-order valence-electron chi connectivity index (χ3n) is 2.66. The maximum Gasteiger partial charge on any atom is 0.267 e. The number of rotatable bonds is 1. The standard InChI is InChI=1S/C11H12BrF2N/c12-9-4-2-8(3-5-9)10-11(13,14)6-1-7-15-10/h2-5,10,15H,1,6-7H2. The fraction of sp³-hybridized carbons (Fsp3) is 0.455. The van der Waals surface area contributed by atoms with Crippen molar-refractivity contribution >= 4 is 15.9 Å². The highest BCUT2D eigenvalue weighted by Crippen LogP contribution is 2.37. The summed E-state index contributed by atoms with van der Waals surface area (Å²) < 4.78 is 28.1. The molecule has 1 aromatic rings. The van der Waals surface area contributed by atoms with Crippen LogP contribution in [0.5, 0.6) is 0 Å². The smallest absolute Gasteiger partial charge is 0.267 e. The van der Waals surface area contributed by atoms with Gasteiger partial charge in [0.1, 0.15) is 0 Å². The molecule has 1 saturated heterocycles. The van der Waals surface area contributed by atoms with Crippen molar-refractivity contribution in [2.45, 2.75) is 24.8 Å². The molecule has 0 saturated carbocycles. The Balaban J connectivity index is 2.25. The fourth-order valence-corrected chi connectivity index (χ4v) is 2.15. The number of alkyl halides is 2. The van der Waals surface area contributed by atoms with Crippen molar-refractivity contribution in [1.29, 1.82) is 0 Å². The first-order valence-electron chi connectivity index (χ1n) is 4.96. The van der Waals surface area contributed by atoms with Gasteiger partial charge >= 0.3 is 0 Å². The lowest BCUT2D eigenvalue weighted by Gasteiger charge is -2.32. The van der Waals surface area contributed by atoms with Crippen molar-refractivity contribution in [2.75, 3.05) is 6.54 Å². The van der Waals surface area contributed by atoms with Gasteiger partial charge in [0.05, 0.1) is 6.04 Å². The molecular formula is C11H12BrF2N. The van der Waals surface area contributed by atoms with E-state index in [0.717, 1.165) is 4.47 Å². The van der Waals surface area contributed by atoms with Gasteiger partial charge < -0.3 is 5.32 Å². The molecule has 1 aliphatic rings. The van der Waals surface area contributed by atoms with E-state index in [1.54, 1.807) is 24.3 Å². The molecule has 1 aliphatic heterocycles. The summed E-state index contributed by atoms with van der Waals surface area (Å²) in [6.07, 6.45) is 0.515. The number of benzene rings is 1. The number of hydrogen-bond donors (Lipinski definition) is 1. The Morgan fingerprint density at radius 1 is 1.27 bits per heavy atom. The molecule has 0 bridgehead atoms. The molecule has 15 heavy (non-hydrogen) atoms. The second kappa shape index (κ2) is 4.18. The molecule has 1 heterocycles. The average molecular weight is 276 g/mol. The largest absolute Gasteiger partial charge is 0.305 e. The molecule has 2 rings (SSSR count). The first-order chi connectivity index (χ1) is 7.09. The molecule has 1 atom stereocenters. The van der Waals surface area contributed by atoms with Crippen LogP contribution < -0.4 is 5.32 Å². The van der Waals surface area contributed by atoms with Crippen LogP contribution in [0.1, 0.15) is 24.4 Å². The van der Waals surface area contributed by atoms with Gasteiger partial charge in [-0.05, 0) is 30.7 Å². The van der Waals surface area contributed by atoms with Gasteiger partial charge in [-0.1, -0.05) is 28.1 Å². The number of halogens is 3. The fourth-order valence-electron chi connectivity index (χ4n) is 1.88. The van der Waals surface area contributed by atoms with Crippen molar-refractivity contribution in [3.63, 3.8) is 0 Å². The summed E-state index contributed by atoms with van der Waals surface area (Å²) in [5, 5.41) is 2.88.